The summed E-state index contributed by atoms with van der Waals surface area (Å²) in [4.78, 5) is 16.5. The minimum atomic E-state index is -0.277. The minimum Gasteiger partial charge on any atom is -0.350 e. The van der Waals surface area contributed by atoms with Crippen molar-refractivity contribution < 1.29 is 4.79 Å². The first-order chi connectivity index (χ1) is 8.62. The van der Waals surface area contributed by atoms with Crippen LogP contribution in [0.1, 0.15) is 31.0 Å². The number of nitrogens with one attached hydrogen (secondary N) is 2. The number of aromatic nitrogens is 1. The van der Waals surface area contributed by atoms with Gasteiger partial charge in [-0.2, -0.15) is 0 Å². The largest absolute Gasteiger partial charge is 0.350 e. The molecule has 18 heavy (non-hydrogen) atoms. The molecule has 1 unspecified atom stereocenters. The van der Waals surface area contributed by atoms with E-state index < -0.39 is 0 Å². The first-order valence-electron chi connectivity index (χ1n) is 6.51. The molecule has 1 aliphatic rings. The summed E-state index contributed by atoms with van der Waals surface area (Å²) >= 11 is 0. The summed E-state index contributed by atoms with van der Waals surface area (Å²) in [6, 6.07) is 3.92. The van der Waals surface area contributed by atoms with E-state index in [9.17, 15) is 4.79 Å². The van der Waals surface area contributed by atoms with E-state index in [1.807, 2.05) is 26.0 Å². The maximum Gasteiger partial charge on any atom is 0.227 e. The van der Waals surface area contributed by atoms with Gasteiger partial charge in [-0.1, -0.05) is 6.07 Å². The number of pyridine rings is 1. The van der Waals surface area contributed by atoms with Gasteiger partial charge < -0.3 is 10.6 Å². The van der Waals surface area contributed by atoms with Gasteiger partial charge in [0.15, 0.2) is 0 Å². The van der Waals surface area contributed by atoms with Gasteiger partial charge in [0, 0.05) is 12.7 Å². The molecule has 0 aliphatic carbocycles. The van der Waals surface area contributed by atoms with Crippen molar-refractivity contribution in [2.75, 3.05) is 13.1 Å². The molecule has 4 heteroatoms. The topological polar surface area (TPSA) is 54.0 Å². The van der Waals surface area contributed by atoms with Crippen LogP contribution in [0.5, 0.6) is 0 Å². The molecule has 98 valence electrons. The van der Waals surface area contributed by atoms with Crippen LogP contribution in [0.25, 0.3) is 0 Å². The summed E-state index contributed by atoms with van der Waals surface area (Å²) in [5, 5.41) is 6.30. The fourth-order valence-electron chi connectivity index (χ4n) is 2.33. The molecule has 2 rings (SSSR count). The molecule has 1 fully saturated rings. The molecular weight excluding hydrogens is 226 g/mol. The van der Waals surface area contributed by atoms with Crippen LogP contribution >= 0.6 is 0 Å². The second-order valence-electron chi connectivity index (χ2n) is 5.29. The molecular formula is C14H21N3O. The Hall–Kier alpha value is -1.42. The Morgan fingerprint density at radius 1 is 1.61 bits per heavy atom. The lowest BCUT2D eigenvalue weighted by Crippen LogP contribution is -2.48. The van der Waals surface area contributed by atoms with E-state index in [4.69, 9.17) is 0 Å². The van der Waals surface area contributed by atoms with Crippen LogP contribution in [0.4, 0.5) is 0 Å². The predicted molar refractivity (Wildman–Crippen MR) is 71.0 cm³/mol. The van der Waals surface area contributed by atoms with Gasteiger partial charge in [0.2, 0.25) is 5.91 Å². The minimum absolute atomic E-state index is 0.125. The second kappa shape index (κ2) is 5.48. The van der Waals surface area contributed by atoms with Crippen LogP contribution < -0.4 is 10.6 Å². The molecule has 0 bridgehead atoms. The SMILES string of the molecule is Cc1cccnc1CNC(=O)C1(C)CCCNC1. The molecule has 0 saturated carbocycles. The molecule has 0 aromatic carbocycles. The molecule has 2 N–H and O–H groups in total. The molecule has 1 aliphatic heterocycles. The summed E-state index contributed by atoms with van der Waals surface area (Å²) in [5.74, 6) is 0.125. The van der Waals surface area contributed by atoms with E-state index in [1.54, 1.807) is 6.20 Å². The highest BCUT2D eigenvalue weighted by Gasteiger charge is 2.34. The molecule has 0 radical (unpaired) electrons. The van der Waals surface area contributed by atoms with E-state index >= 15 is 0 Å². The number of hydrogen-bond acceptors (Lipinski definition) is 3. The number of piperidine rings is 1. The number of hydrogen-bond donors (Lipinski definition) is 2. The van der Waals surface area contributed by atoms with Crippen LogP contribution in [0.15, 0.2) is 18.3 Å². The standard InChI is InChI=1S/C14H21N3O/c1-11-5-3-8-16-12(11)9-17-13(18)14(2)6-4-7-15-10-14/h3,5,8,15H,4,6-7,9-10H2,1-2H3,(H,17,18). The maximum atomic E-state index is 12.2. The molecule has 1 atom stereocenters. The maximum absolute atomic E-state index is 12.2. The lowest BCUT2D eigenvalue weighted by Gasteiger charge is -2.32. The smallest absolute Gasteiger partial charge is 0.227 e. The van der Waals surface area contributed by atoms with Gasteiger partial charge in [0.05, 0.1) is 17.7 Å². The van der Waals surface area contributed by atoms with E-state index in [-0.39, 0.29) is 11.3 Å². The Balaban J connectivity index is 1.94. The average molecular weight is 247 g/mol. The predicted octanol–water partition coefficient (Wildman–Crippen LogP) is 1.40. The zero-order valence-electron chi connectivity index (χ0n) is 11.1. The zero-order chi connectivity index (χ0) is 13.0. The van der Waals surface area contributed by atoms with Gasteiger partial charge in [-0.15, -0.1) is 0 Å². The molecule has 1 saturated heterocycles. The van der Waals surface area contributed by atoms with Gasteiger partial charge in [0.1, 0.15) is 0 Å². The van der Waals surface area contributed by atoms with Crippen molar-refractivity contribution in [1.29, 1.82) is 0 Å². The van der Waals surface area contributed by atoms with Gasteiger partial charge in [-0.25, -0.2) is 0 Å². The number of rotatable bonds is 3. The molecule has 1 aromatic rings. The third-order valence-corrected chi connectivity index (χ3v) is 3.68. The zero-order valence-corrected chi connectivity index (χ0v) is 11.1. The average Bonchev–Trinajstić information content (AvgIpc) is 2.38. The Kier molecular flexibility index (Phi) is 3.97. The molecule has 0 spiro atoms. The van der Waals surface area contributed by atoms with Crippen molar-refractivity contribution >= 4 is 5.91 Å². The third-order valence-electron chi connectivity index (χ3n) is 3.68. The molecule has 1 amide bonds. The molecule has 4 nitrogen and oxygen atoms in total. The summed E-state index contributed by atoms with van der Waals surface area (Å²) in [5.41, 5.74) is 1.78. The van der Waals surface area contributed by atoms with E-state index in [1.165, 1.54) is 0 Å². The number of carbonyl (C=O) groups is 1. The van der Waals surface area contributed by atoms with Crippen molar-refractivity contribution in [1.82, 2.24) is 15.6 Å². The van der Waals surface area contributed by atoms with Crippen LogP contribution in [0.2, 0.25) is 0 Å². The highest BCUT2D eigenvalue weighted by Crippen LogP contribution is 2.25. The molecule has 2 heterocycles. The lowest BCUT2D eigenvalue weighted by atomic mass is 9.82. The van der Waals surface area contributed by atoms with E-state index in [2.05, 4.69) is 15.6 Å². The lowest BCUT2D eigenvalue weighted by molar-refractivity contribution is -0.131. The number of amides is 1. The first kappa shape index (κ1) is 13.0. The Labute approximate surface area is 108 Å². The summed E-state index contributed by atoms with van der Waals surface area (Å²) in [6.45, 7) is 6.33. The summed E-state index contributed by atoms with van der Waals surface area (Å²) < 4.78 is 0. The first-order valence-corrected chi connectivity index (χ1v) is 6.51. The van der Waals surface area contributed by atoms with Gasteiger partial charge in [0.25, 0.3) is 0 Å². The Morgan fingerprint density at radius 3 is 3.11 bits per heavy atom. The number of nitrogens with zero attached hydrogens (tertiary/aromatic N) is 1. The van der Waals surface area contributed by atoms with Crippen LogP contribution in [-0.4, -0.2) is 24.0 Å². The monoisotopic (exact) mass is 247 g/mol. The van der Waals surface area contributed by atoms with Crippen LogP contribution in [0.3, 0.4) is 0 Å². The van der Waals surface area contributed by atoms with Gasteiger partial charge in [-0.3, -0.25) is 9.78 Å². The Bertz CT molecular complexity index is 425. The quantitative estimate of drug-likeness (QED) is 0.849. The Morgan fingerprint density at radius 2 is 2.44 bits per heavy atom. The van der Waals surface area contributed by atoms with Crippen molar-refractivity contribution in [2.24, 2.45) is 5.41 Å². The summed E-state index contributed by atoms with van der Waals surface area (Å²) in [7, 11) is 0. The van der Waals surface area contributed by atoms with Gasteiger partial charge >= 0.3 is 0 Å². The van der Waals surface area contributed by atoms with Crippen LogP contribution in [-0.2, 0) is 11.3 Å². The molecule has 1 aromatic heterocycles. The van der Waals surface area contributed by atoms with E-state index in [0.717, 1.165) is 37.2 Å². The second-order valence-corrected chi connectivity index (χ2v) is 5.29. The van der Waals surface area contributed by atoms with E-state index in [0.29, 0.717) is 6.54 Å². The summed E-state index contributed by atoms with van der Waals surface area (Å²) in [6.07, 6.45) is 3.78. The fourth-order valence-corrected chi connectivity index (χ4v) is 2.33. The van der Waals surface area contributed by atoms with Gasteiger partial charge in [-0.05, 0) is 44.9 Å². The van der Waals surface area contributed by atoms with Crippen LogP contribution in [0, 0.1) is 12.3 Å². The normalized spacial score (nSPS) is 23.7. The van der Waals surface area contributed by atoms with Crippen molar-refractivity contribution in [3.63, 3.8) is 0 Å². The fraction of sp³-hybridized carbons (Fsp3) is 0.571. The third kappa shape index (κ3) is 2.88. The van der Waals surface area contributed by atoms with Crippen molar-refractivity contribution in [3.8, 4) is 0 Å². The van der Waals surface area contributed by atoms with Crippen molar-refractivity contribution in [3.05, 3.63) is 29.6 Å². The van der Waals surface area contributed by atoms with Crippen molar-refractivity contribution in [2.45, 2.75) is 33.2 Å². The number of carbonyl (C=O) groups excluding carboxylic acids is 1. The highest BCUT2D eigenvalue weighted by atomic mass is 16.2. The number of aryl methyl sites for hydroxylation is 1. The highest BCUT2D eigenvalue weighted by molar-refractivity contribution is 5.82.